The minimum absolute atomic E-state index is 0.171. The van der Waals surface area contributed by atoms with E-state index in [2.05, 4.69) is 6.92 Å². The molecule has 1 rings (SSSR count). The summed E-state index contributed by atoms with van der Waals surface area (Å²) in [5.74, 6) is 0.171. The van der Waals surface area contributed by atoms with E-state index in [9.17, 15) is 9.90 Å². The number of ketones is 1. The Kier molecular flexibility index (Phi) is 15.7. The monoisotopic (exact) mass is 404 g/mol. The zero-order valence-electron chi connectivity index (χ0n) is 18.7. The molecule has 1 aromatic rings. The largest absolute Gasteiger partial charge is 0.393 e. The van der Waals surface area contributed by atoms with Crippen LogP contribution in [-0.2, 0) is 0 Å². The summed E-state index contributed by atoms with van der Waals surface area (Å²) in [6.07, 6.45) is 19.6. The van der Waals surface area contributed by atoms with Crippen molar-refractivity contribution in [1.82, 2.24) is 0 Å². The van der Waals surface area contributed by atoms with Gasteiger partial charge in [-0.15, -0.1) is 0 Å². The minimum atomic E-state index is -0.866. The molecule has 0 saturated heterocycles. The van der Waals surface area contributed by atoms with Crippen molar-refractivity contribution in [3.8, 4) is 0 Å². The second kappa shape index (κ2) is 17.7. The maximum Gasteiger partial charge on any atom is 0.162 e. The van der Waals surface area contributed by atoms with Crippen LogP contribution in [0, 0.1) is 0 Å². The van der Waals surface area contributed by atoms with Crippen LogP contribution in [-0.4, -0.2) is 22.6 Å². The highest BCUT2D eigenvalue weighted by atomic mass is 16.3. The molecule has 0 aromatic heterocycles. The Morgan fingerprint density at radius 2 is 1.14 bits per heavy atom. The van der Waals surface area contributed by atoms with E-state index in [1.54, 1.807) is 24.3 Å². The normalized spacial score (nSPS) is 12.2. The van der Waals surface area contributed by atoms with Gasteiger partial charge < -0.3 is 10.2 Å². The first kappa shape index (κ1) is 25.8. The Labute approximate surface area is 178 Å². The van der Waals surface area contributed by atoms with E-state index in [4.69, 9.17) is 5.11 Å². The highest BCUT2D eigenvalue weighted by Gasteiger charge is 2.09. The molecular formula is C26H44O3. The molecule has 0 bridgehead atoms. The molecule has 1 unspecified atom stereocenters. The summed E-state index contributed by atoms with van der Waals surface area (Å²) in [6, 6.07) is 6.95. The zero-order chi connectivity index (χ0) is 21.2. The smallest absolute Gasteiger partial charge is 0.162 e. The first-order valence-corrected chi connectivity index (χ1v) is 12.1. The van der Waals surface area contributed by atoms with Crippen LogP contribution in [0.25, 0.3) is 0 Å². The molecule has 1 atom stereocenters. The van der Waals surface area contributed by atoms with Gasteiger partial charge in [-0.3, -0.25) is 4.79 Å². The van der Waals surface area contributed by atoms with Crippen LogP contribution in [0.3, 0.4) is 0 Å². The number of unbranched alkanes of at least 4 members (excludes halogenated alkanes) is 14. The standard InChI is InChI=1S/C26H44O3/c1-2-3-4-5-6-7-8-9-10-11-12-13-14-15-16-17-25(28)23-18-20-24(21-19-23)26(29)22-27/h18-21,26-27,29H,2-17,22H2,1H3. The van der Waals surface area contributed by atoms with Crippen molar-refractivity contribution in [2.24, 2.45) is 0 Å². The summed E-state index contributed by atoms with van der Waals surface area (Å²) >= 11 is 0. The van der Waals surface area contributed by atoms with Crippen molar-refractivity contribution in [2.75, 3.05) is 6.61 Å². The van der Waals surface area contributed by atoms with Crippen LogP contribution in [0.4, 0.5) is 0 Å². The predicted molar refractivity (Wildman–Crippen MR) is 122 cm³/mol. The van der Waals surface area contributed by atoms with E-state index in [0.29, 0.717) is 17.5 Å². The summed E-state index contributed by atoms with van der Waals surface area (Å²) in [7, 11) is 0. The Bertz CT molecular complexity index is 509. The van der Waals surface area contributed by atoms with Crippen LogP contribution >= 0.6 is 0 Å². The molecule has 29 heavy (non-hydrogen) atoms. The van der Waals surface area contributed by atoms with Crippen molar-refractivity contribution >= 4 is 5.78 Å². The number of rotatable bonds is 19. The maximum absolute atomic E-state index is 12.2. The second-order valence-electron chi connectivity index (χ2n) is 8.44. The van der Waals surface area contributed by atoms with Crippen molar-refractivity contribution in [3.63, 3.8) is 0 Å². The summed E-state index contributed by atoms with van der Waals surface area (Å²) < 4.78 is 0. The summed E-state index contributed by atoms with van der Waals surface area (Å²) in [5, 5.41) is 18.5. The third-order valence-electron chi connectivity index (χ3n) is 5.80. The molecule has 3 heteroatoms. The fourth-order valence-corrected chi connectivity index (χ4v) is 3.80. The van der Waals surface area contributed by atoms with Crippen molar-refractivity contribution in [2.45, 2.75) is 116 Å². The van der Waals surface area contributed by atoms with E-state index < -0.39 is 6.10 Å². The van der Waals surface area contributed by atoms with Gasteiger partial charge in [0.15, 0.2) is 5.78 Å². The molecule has 166 valence electrons. The molecule has 0 aliphatic carbocycles. The van der Waals surface area contributed by atoms with Crippen LogP contribution in [0.2, 0.25) is 0 Å². The van der Waals surface area contributed by atoms with E-state index in [-0.39, 0.29) is 12.4 Å². The van der Waals surface area contributed by atoms with Crippen LogP contribution in [0.15, 0.2) is 24.3 Å². The first-order valence-electron chi connectivity index (χ1n) is 12.1. The number of hydrogen-bond donors (Lipinski definition) is 2. The van der Waals surface area contributed by atoms with E-state index in [0.717, 1.165) is 12.8 Å². The van der Waals surface area contributed by atoms with E-state index in [1.807, 2.05) is 0 Å². The third-order valence-corrected chi connectivity index (χ3v) is 5.80. The van der Waals surface area contributed by atoms with Gasteiger partial charge in [0.2, 0.25) is 0 Å². The van der Waals surface area contributed by atoms with Gasteiger partial charge in [-0.2, -0.15) is 0 Å². The molecule has 0 aliphatic heterocycles. The number of hydrogen-bond acceptors (Lipinski definition) is 3. The lowest BCUT2D eigenvalue weighted by Crippen LogP contribution is -2.04. The quantitative estimate of drug-likeness (QED) is 0.190. The molecule has 0 heterocycles. The van der Waals surface area contributed by atoms with Gasteiger partial charge in [0.05, 0.1) is 6.61 Å². The fourth-order valence-electron chi connectivity index (χ4n) is 3.80. The number of carbonyl (C=O) groups excluding carboxylic acids is 1. The molecule has 0 spiro atoms. The van der Waals surface area contributed by atoms with Gasteiger partial charge in [-0.25, -0.2) is 0 Å². The van der Waals surface area contributed by atoms with Crippen molar-refractivity contribution in [3.05, 3.63) is 35.4 Å². The molecule has 0 aliphatic rings. The van der Waals surface area contributed by atoms with Gasteiger partial charge >= 0.3 is 0 Å². The number of aliphatic hydroxyl groups is 2. The SMILES string of the molecule is CCCCCCCCCCCCCCCCCC(=O)c1ccc(C(O)CO)cc1. The summed E-state index contributed by atoms with van der Waals surface area (Å²) in [4.78, 5) is 12.2. The van der Waals surface area contributed by atoms with Crippen LogP contribution in [0.5, 0.6) is 0 Å². The molecular weight excluding hydrogens is 360 g/mol. The first-order chi connectivity index (χ1) is 14.2. The number of aliphatic hydroxyl groups excluding tert-OH is 2. The van der Waals surface area contributed by atoms with Crippen molar-refractivity contribution in [1.29, 1.82) is 0 Å². The van der Waals surface area contributed by atoms with E-state index >= 15 is 0 Å². The predicted octanol–water partition coefficient (Wildman–Crippen LogP) is 7.16. The Hall–Kier alpha value is -1.19. The fraction of sp³-hybridized carbons (Fsp3) is 0.731. The van der Waals surface area contributed by atoms with Gasteiger partial charge in [0.25, 0.3) is 0 Å². The van der Waals surface area contributed by atoms with Gasteiger partial charge in [0, 0.05) is 12.0 Å². The highest BCUT2D eigenvalue weighted by molar-refractivity contribution is 5.96. The number of carbonyl (C=O) groups is 1. The molecule has 0 fully saturated rings. The Morgan fingerprint density at radius 3 is 1.55 bits per heavy atom. The topological polar surface area (TPSA) is 57.5 Å². The molecule has 0 radical (unpaired) electrons. The molecule has 0 amide bonds. The van der Waals surface area contributed by atoms with Gasteiger partial charge in [0.1, 0.15) is 6.10 Å². The van der Waals surface area contributed by atoms with Crippen molar-refractivity contribution < 1.29 is 15.0 Å². The highest BCUT2D eigenvalue weighted by Crippen LogP contribution is 2.16. The zero-order valence-corrected chi connectivity index (χ0v) is 18.7. The summed E-state index contributed by atoms with van der Waals surface area (Å²) in [6.45, 7) is 1.97. The molecule has 3 nitrogen and oxygen atoms in total. The van der Waals surface area contributed by atoms with Gasteiger partial charge in [-0.1, -0.05) is 121 Å². The molecule has 1 aromatic carbocycles. The van der Waals surface area contributed by atoms with E-state index in [1.165, 1.54) is 83.5 Å². The van der Waals surface area contributed by atoms with Crippen LogP contribution < -0.4 is 0 Å². The Balaban J connectivity index is 1.92. The molecule has 2 N–H and O–H groups in total. The lowest BCUT2D eigenvalue weighted by molar-refractivity contribution is 0.0952. The molecule has 0 saturated carbocycles. The minimum Gasteiger partial charge on any atom is -0.393 e. The van der Waals surface area contributed by atoms with Gasteiger partial charge in [-0.05, 0) is 12.0 Å². The second-order valence-corrected chi connectivity index (χ2v) is 8.44. The maximum atomic E-state index is 12.2. The average Bonchev–Trinajstić information content (AvgIpc) is 2.75. The third kappa shape index (κ3) is 12.9. The lowest BCUT2D eigenvalue weighted by atomic mass is 10.0. The Morgan fingerprint density at radius 1 is 0.724 bits per heavy atom. The lowest BCUT2D eigenvalue weighted by Gasteiger charge is -2.08. The number of Topliss-reactive ketones (excluding diaryl/α,β-unsaturated/α-hetero) is 1. The number of benzene rings is 1. The van der Waals surface area contributed by atoms with Crippen LogP contribution in [0.1, 0.15) is 132 Å². The average molecular weight is 405 g/mol. The summed E-state index contributed by atoms with van der Waals surface area (Å²) in [5.41, 5.74) is 1.35.